The van der Waals surface area contributed by atoms with Gasteiger partial charge in [-0.3, -0.25) is 4.79 Å². The summed E-state index contributed by atoms with van der Waals surface area (Å²) in [5.74, 6) is -0.220. The summed E-state index contributed by atoms with van der Waals surface area (Å²) in [7, 11) is -3.23. The summed E-state index contributed by atoms with van der Waals surface area (Å²) in [6.07, 6.45) is 2.06. The molecule has 1 saturated heterocycles. The molecule has 6 heteroatoms. The van der Waals surface area contributed by atoms with E-state index in [2.05, 4.69) is 5.32 Å². The van der Waals surface area contributed by atoms with Crippen LogP contribution in [0.2, 0.25) is 0 Å². The van der Waals surface area contributed by atoms with Crippen LogP contribution >= 0.6 is 0 Å². The Hall–Kier alpha value is -1.40. The largest absolute Gasteiger partial charge is 0.326 e. The number of hydrogen-bond acceptors (Lipinski definition) is 3. The summed E-state index contributed by atoms with van der Waals surface area (Å²) in [6.45, 7) is 4.63. The first-order chi connectivity index (χ1) is 10.4. The van der Waals surface area contributed by atoms with Gasteiger partial charge in [-0.15, -0.1) is 0 Å². The van der Waals surface area contributed by atoms with E-state index < -0.39 is 10.0 Å². The normalized spacial score (nSPS) is 19.8. The predicted octanol–water partition coefficient (Wildman–Crippen LogP) is 2.39. The van der Waals surface area contributed by atoms with Gasteiger partial charge in [-0.25, -0.2) is 12.7 Å². The van der Waals surface area contributed by atoms with Crippen LogP contribution < -0.4 is 5.32 Å². The molecule has 2 rings (SSSR count). The standard InChI is InChI=1S/C16H24N2O3S/c1-3-10-22(20,21)18-9-5-7-14(12-18)16(19)17-15-8-4-6-13(2)11-15/h4,6,8,11,14H,3,5,7,9-10,12H2,1-2H3,(H,17,19)/t14-/m0/s1. The van der Waals surface area contributed by atoms with Crippen molar-refractivity contribution in [3.05, 3.63) is 29.8 Å². The monoisotopic (exact) mass is 324 g/mol. The molecule has 1 aromatic rings. The SMILES string of the molecule is CCCS(=O)(=O)N1CCC[C@H](C(=O)Nc2cccc(C)c2)C1. The van der Waals surface area contributed by atoms with E-state index in [1.807, 2.05) is 38.1 Å². The molecule has 1 fully saturated rings. The Kier molecular flexibility index (Phi) is 5.58. The number of anilines is 1. The molecule has 0 bridgehead atoms. The Labute approximate surface area is 132 Å². The first kappa shape index (κ1) is 17.0. The lowest BCUT2D eigenvalue weighted by Crippen LogP contribution is -2.44. The van der Waals surface area contributed by atoms with Crippen molar-refractivity contribution in [3.8, 4) is 0 Å². The lowest BCUT2D eigenvalue weighted by molar-refractivity contribution is -0.120. The first-order valence-corrected chi connectivity index (χ1v) is 9.38. The Morgan fingerprint density at radius 1 is 1.41 bits per heavy atom. The van der Waals surface area contributed by atoms with Crippen LogP contribution in [0.15, 0.2) is 24.3 Å². The first-order valence-electron chi connectivity index (χ1n) is 7.77. The Morgan fingerprint density at radius 2 is 2.18 bits per heavy atom. The molecule has 1 aliphatic rings. The number of piperidine rings is 1. The Balaban J connectivity index is 2.01. The van der Waals surface area contributed by atoms with Crippen LogP contribution in [-0.4, -0.2) is 37.5 Å². The van der Waals surface area contributed by atoms with E-state index in [0.29, 0.717) is 19.5 Å². The van der Waals surface area contributed by atoms with Gasteiger partial charge in [0, 0.05) is 18.8 Å². The van der Waals surface area contributed by atoms with E-state index in [0.717, 1.165) is 24.1 Å². The summed E-state index contributed by atoms with van der Waals surface area (Å²) in [4.78, 5) is 12.4. The Morgan fingerprint density at radius 3 is 2.86 bits per heavy atom. The van der Waals surface area contributed by atoms with Crippen molar-refractivity contribution in [2.45, 2.75) is 33.1 Å². The second-order valence-corrected chi connectivity index (χ2v) is 7.96. The number of sulfonamides is 1. The molecule has 0 aromatic heterocycles. The number of carbonyl (C=O) groups is 1. The minimum atomic E-state index is -3.23. The van der Waals surface area contributed by atoms with Crippen LogP contribution in [0.1, 0.15) is 31.7 Å². The molecular formula is C16H24N2O3S. The molecule has 1 amide bonds. The number of aryl methyl sites for hydroxylation is 1. The van der Waals surface area contributed by atoms with E-state index in [-0.39, 0.29) is 17.6 Å². The maximum Gasteiger partial charge on any atom is 0.228 e. The third-order valence-electron chi connectivity index (χ3n) is 3.90. The molecule has 122 valence electrons. The fraction of sp³-hybridized carbons (Fsp3) is 0.562. The van der Waals surface area contributed by atoms with Crippen molar-refractivity contribution < 1.29 is 13.2 Å². The van der Waals surface area contributed by atoms with E-state index >= 15 is 0 Å². The number of hydrogen-bond donors (Lipinski definition) is 1. The van der Waals surface area contributed by atoms with Crippen molar-refractivity contribution in [2.75, 3.05) is 24.2 Å². The van der Waals surface area contributed by atoms with Crippen LogP contribution in [0, 0.1) is 12.8 Å². The van der Waals surface area contributed by atoms with Gasteiger partial charge in [0.2, 0.25) is 15.9 Å². The summed E-state index contributed by atoms with van der Waals surface area (Å²) < 4.78 is 25.8. The summed E-state index contributed by atoms with van der Waals surface area (Å²) in [5, 5.41) is 2.90. The average Bonchev–Trinajstić information content (AvgIpc) is 2.47. The molecule has 1 atom stereocenters. The summed E-state index contributed by atoms with van der Waals surface area (Å²) in [5.41, 5.74) is 1.84. The van der Waals surface area contributed by atoms with Gasteiger partial charge in [0.15, 0.2) is 0 Å². The molecule has 5 nitrogen and oxygen atoms in total. The fourth-order valence-electron chi connectivity index (χ4n) is 2.76. The van der Waals surface area contributed by atoms with Gasteiger partial charge in [-0.05, 0) is 43.9 Å². The molecular weight excluding hydrogens is 300 g/mol. The van der Waals surface area contributed by atoms with Crippen LogP contribution in [0.3, 0.4) is 0 Å². The second kappa shape index (κ2) is 7.24. The molecule has 1 aliphatic heterocycles. The fourth-order valence-corrected chi connectivity index (χ4v) is 4.35. The lowest BCUT2D eigenvalue weighted by atomic mass is 9.98. The van der Waals surface area contributed by atoms with Crippen LogP contribution in [0.5, 0.6) is 0 Å². The summed E-state index contributed by atoms with van der Waals surface area (Å²) in [6, 6.07) is 7.62. The smallest absolute Gasteiger partial charge is 0.228 e. The maximum absolute atomic E-state index is 12.4. The third kappa shape index (κ3) is 4.30. The van der Waals surface area contributed by atoms with Gasteiger partial charge in [-0.1, -0.05) is 19.1 Å². The quantitative estimate of drug-likeness (QED) is 0.904. The van der Waals surface area contributed by atoms with Crippen LogP contribution in [-0.2, 0) is 14.8 Å². The van der Waals surface area contributed by atoms with Crippen molar-refractivity contribution in [1.29, 1.82) is 0 Å². The van der Waals surface area contributed by atoms with E-state index in [9.17, 15) is 13.2 Å². The Bertz CT molecular complexity index is 628. The van der Waals surface area contributed by atoms with Crippen molar-refractivity contribution in [1.82, 2.24) is 4.31 Å². The highest BCUT2D eigenvalue weighted by Gasteiger charge is 2.31. The average molecular weight is 324 g/mol. The topological polar surface area (TPSA) is 66.5 Å². The van der Waals surface area contributed by atoms with Crippen LogP contribution in [0.4, 0.5) is 5.69 Å². The second-order valence-electron chi connectivity index (χ2n) is 5.87. The van der Waals surface area contributed by atoms with Crippen molar-refractivity contribution >= 4 is 21.6 Å². The van der Waals surface area contributed by atoms with E-state index in [4.69, 9.17) is 0 Å². The van der Waals surface area contributed by atoms with Gasteiger partial charge >= 0.3 is 0 Å². The highest BCUT2D eigenvalue weighted by molar-refractivity contribution is 7.89. The van der Waals surface area contributed by atoms with Gasteiger partial charge in [0.05, 0.1) is 11.7 Å². The van der Waals surface area contributed by atoms with Gasteiger partial charge in [0.25, 0.3) is 0 Å². The molecule has 0 unspecified atom stereocenters. The predicted molar refractivity (Wildman–Crippen MR) is 88.2 cm³/mol. The highest BCUT2D eigenvalue weighted by Crippen LogP contribution is 2.21. The van der Waals surface area contributed by atoms with Crippen molar-refractivity contribution in [3.63, 3.8) is 0 Å². The van der Waals surface area contributed by atoms with Gasteiger partial charge < -0.3 is 5.32 Å². The zero-order chi connectivity index (χ0) is 16.2. The van der Waals surface area contributed by atoms with Crippen LogP contribution in [0.25, 0.3) is 0 Å². The van der Waals surface area contributed by atoms with E-state index in [1.165, 1.54) is 4.31 Å². The lowest BCUT2D eigenvalue weighted by Gasteiger charge is -2.31. The number of nitrogens with zero attached hydrogens (tertiary/aromatic N) is 1. The van der Waals surface area contributed by atoms with Gasteiger partial charge in [-0.2, -0.15) is 0 Å². The molecule has 1 aromatic carbocycles. The molecule has 0 aliphatic carbocycles. The minimum Gasteiger partial charge on any atom is -0.326 e. The molecule has 1 N–H and O–H groups in total. The zero-order valence-electron chi connectivity index (χ0n) is 13.2. The number of carbonyl (C=O) groups excluding carboxylic acids is 1. The highest BCUT2D eigenvalue weighted by atomic mass is 32.2. The molecule has 1 heterocycles. The van der Waals surface area contributed by atoms with E-state index in [1.54, 1.807) is 0 Å². The number of benzene rings is 1. The molecule has 0 spiro atoms. The zero-order valence-corrected chi connectivity index (χ0v) is 14.0. The molecule has 0 saturated carbocycles. The number of rotatable bonds is 5. The van der Waals surface area contributed by atoms with Gasteiger partial charge in [0.1, 0.15) is 0 Å². The third-order valence-corrected chi connectivity index (χ3v) is 5.94. The number of amides is 1. The van der Waals surface area contributed by atoms with Crippen molar-refractivity contribution in [2.24, 2.45) is 5.92 Å². The molecule has 22 heavy (non-hydrogen) atoms. The minimum absolute atomic E-state index is 0.0954. The maximum atomic E-state index is 12.4. The number of nitrogens with one attached hydrogen (secondary N) is 1. The molecule has 0 radical (unpaired) electrons. The summed E-state index contributed by atoms with van der Waals surface area (Å²) >= 11 is 0.